The van der Waals surface area contributed by atoms with E-state index in [1.807, 2.05) is 21.1 Å². The van der Waals surface area contributed by atoms with E-state index in [0.717, 1.165) is 16.6 Å². The second-order valence-corrected chi connectivity index (χ2v) is 5.77. The minimum atomic E-state index is -0.517. The molecule has 0 fully saturated rings. The van der Waals surface area contributed by atoms with Crippen LogP contribution in [0.3, 0.4) is 0 Å². The van der Waals surface area contributed by atoms with Crippen LogP contribution in [0.2, 0.25) is 0 Å². The van der Waals surface area contributed by atoms with Gasteiger partial charge in [0.05, 0.1) is 21.1 Å². The van der Waals surface area contributed by atoms with Crippen molar-refractivity contribution in [3.8, 4) is 11.5 Å². The van der Waals surface area contributed by atoms with Crippen molar-refractivity contribution in [3.63, 3.8) is 0 Å². The van der Waals surface area contributed by atoms with Gasteiger partial charge >= 0.3 is 6.09 Å². The van der Waals surface area contributed by atoms with Crippen LogP contribution in [0.4, 0.5) is 4.79 Å². The van der Waals surface area contributed by atoms with Crippen molar-refractivity contribution in [2.75, 3.05) is 40.8 Å². The quantitative estimate of drug-likeness (QED) is 0.256. The average molecular weight is 298 g/mol. The van der Waals surface area contributed by atoms with Gasteiger partial charge in [0, 0.05) is 6.54 Å². The highest BCUT2D eigenvalue weighted by molar-refractivity contribution is 5.66. The third-order valence-electron chi connectivity index (χ3n) is 2.76. The molecule has 0 atom stereocenters. The number of amides is 1. The van der Waals surface area contributed by atoms with Crippen molar-refractivity contribution in [2.45, 2.75) is 6.42 Å². The molecule has 0 saturated carbocycles. The minimum absolute atomic E-state index is 0.148. The molecule has 1 amide bonds. The maximum Gasteiger partial charge on any atom is 0.421 e. The van der Waals surface area contributed by atoms with Crippen LogP contribution in [0.15, 0.2) is 18.2 Å². The molecule has 118 valence electrons. The SMILES string of the molecule is C[N+](C)(C)CCOC(=O)NNCCc1ccc(O)c(O)c1. The topological polar surface area (TPSA) is 90.8 Å². The van der Waals surface area contributed by atoms with Gasteiger partial charge in [-0.05, 0) is 24.1 Å². The van der Waals surface area contributed by atoms with Crippen molar-refractivity contribution in [1.29, 1.82) is 0 Å². The van der Waals surface area contributed by atoms with E-state index in [-0.39, 0.29) is 11.5 Å². The molecule has 0 saturated heterocycles. The Morgan fingerprint density at radius 3 is 2.57 bits per heavy atom. The Balaban J connectivity index is 2.16. The van der Waals surface area contributed by atoms with Gasteiger partial charge in [-0.25, -0.2) is 10.2 Å². The van der Waals surface area contributed by atoms with E-state index in [1.54, 1.807) is 6.07 Å². The molecular formula is C14H24N3O4+. The summed E-state index contributed by atoms with van der Waals surface area (Å²) in [6.07, 6.45) is 0.0736. The lowest BCUT2D eigenvalue weighted by Gasteiger charge is -2.23. The monoisotopic (exact) mass is 298 g/mol. The highest BCUT2D eigenvalue weighted by Gasteiger charge is 2.08. The Morgan fingerprint density at radius 2 is 1.95 bits per heavy atom. The molecule has 0 radical (unpaired) electrons. The number of ether oxygens (including phenoxy) is 1. The first kappa shape index (κ1) is 17.1. The van der Waals surface area contributed by atoms with Crippen LogP contribution in [0.25, 0.3) is 0 Å². The molecule has 0 heterocycles. The van der Waals surface area contributed by atoms with Gasteiger partial charge in [0.25, 0.3) is 0 Å². The summed E-state index contributed by atoms with van der Waals surface area (Å²) >= 11 is 0. The number of likely N-dealkylation sites (N-methyl/N-ethyl adjacent to an activating group) is 1. The molecule has 4 N–H and O–H groups in total. The van der Waals surface area contributed by atoms with E-state index in [0.29, 0.717) is 19.6 Å². The number of hydrogen-bond donors (Lipinski definition) is 4. The summed E-state index contributed by atoms with van der Waals surface area (Å²) in [5.74, 6) is -0.300. The Morgan fingerprint density at radius 1 is 1.24 bits per heavy atom. The molecule has 0 aliphatic rings. The number of hydrazine groups is 1. The largest absolute Gasteiger partial charge is 0.504 e. The van der Waals surface area contributed by atoms with Crippen LogP contribution in [0.1, 0.15) is 5.56 Å². The molecule has 7 nitrogen and oxygen atoms in total. The third-order valence-corrected chi connectivity index (χ3v) is 2.76. The number of rotatable bonds is 7. The number of hydrogen-bond acceptors (Lipinski definition) is 5. The fraction of sp³-hybridized carbons (Fsp3) is 0.500. The average Bonchev–Trinajstić information content (AvgIpc) is 2.37. The molecule has 0 aromatic heterocycles. The maximum atomic E-state index is 11.4. The molecule has 1 aromatic carbocycles. The Hall–Kier alpha value is -1.99. The maximum absolute atomic E-state index is 11.4. The summed E-state index contributed by atoms with van der Waals surface area (Å²) < 4.78 is 5.73. The van der Waals surface area contributed by atoms with Gasteiger partial charge in [0.1, 0.15) is 13.2 Å². The molecular weight excluding hydrogens is 274 g/mol. The Labute approximate surface area is 124 Å². The van der Waals surface area contributed by atoms with Crippen molar-refractivity contribution in [2.24, 2.45) is 0 Å². The number of phenolic OH excluding ortho intramolecular Hbond substituents is 2. The van der Waals surface area contributed by atoms with Gasteiger partial charge in [0.2, 0.25) is 0 Å². The van der Waals surface area contributed by atoms with E-state index in [4.69, 9.17) is 4.74 Å². The number of carbonyl (C=O) groups excluding carboxylic acids is 1. The molecule has 0 bridgehead atoms. The zero-order valence-corrected chi connectivity index (χ0v) is 12.7. The number of quaternary nitrogens is 1. The van der Waals surface area contributed by atoms with Crippen molar-refractivity contribution in [1.82, 2.24) is 10.9 Å². The van der Waals surface area contributed by atoms with Gasteiger partial charge in [-0.3, -0.25) is 5.43 Å². The number of nitrogens with zero attached hydrogens (tertiary/aromatic N) is 1. The fourth-order valence-corrected chi connectivity index (χ4v) is 1.51. The smallest absolute Gasteiger partial charge is 0.421 e. The summed E-state index contributed by atoms with van der Waals surface area (Å²) in [6.45, 7) is 1.57. The Bertz CT molecular complexity index is 472. The van der Waals surface area contributed by atoms with Gasteiger partial charge in [-0.15, -0.1) is 0 Å². The summed E-state index contributed by atoms with van der Waals surface area (Å²) in [5, 5.41) is 18.5. The molecule has 1 aromatic rings. The zero-order valence-electron chi connectivity index (χ0n) is 12.7. The molecule has 0 aliphatic carbocycles. The molecule has 1 rings (SSSR count). The fourth-order valence-electron chi connectivity index (χ4n) is 1.51. The zero-order chi connectivity index (χ0) is 15.9. The van der Waals surface area contributed by atoms with Gasteiger partial charge in [0.15, 0.2) is 11.5 Å². The number of aromatic hydroxyl groups is 2. The van der Waals surface area contributed by atoms with Gasteiger partial charge < -0.3 is 19.4 Å². The predicted octanol–water partition coefficient (Wildman–Crippen LogP) is 0.577. The highest BCUT2D eigenvalue weighted by Crippen LogP contribution is 2.24. The Kier molecular flexibility index (Phi) is 6.26. The first-order valence-electron chi connectivity index (χ1n) is 6.75. The molecule has 0 spiro atoms. The summed E-state index contributed by atoms with van der Waals surface area (Å²) in [7, 11) is 6.06. The van der Waals surface area contributed by atoms with Gasteiger partial charge in [-0.2, -0.15) is 0 Å². The first-order chi connectivity index (χ1) is 9.78. The summed E-state index contributed by atoms with van der Waals surface area (Å²) in [4.78, 5) is 11.4. The first-order valence-corrected chi connectivity index (χ1v) is 6.75. The van der Waals surface area contributed by atoms with E-state index in [1.165, 1.54) is 12.1 Å². The second kappa shape index (κ2) is 7.70. The minimum Gasteiger partial charge on any atom is -0.504 e. The second-order valence-electron chi connectivity index (χ2n) is 5.77. The summed E-state index contributed by atoms with van der Waals surface area (Å²) in [6, 6.07) is 4.62. The van der Waals surface area contributed by atoms with E-state index in [9.17, 15) is 15.0 Å². The van der Waals surface area contributed by atoms with E-state index < -0.39 is 6.09 Å². The number of nitrogens with one attached hydrogen (secondary N) is 2. The van der Waals surface area contributed by atoms with Crippen LogP contribution in [-0.4, -0.2) is 61.6 Å². The highest BCUT2D eigenvalue weighted by atomic mass is 16.6. The van der Waals surface area contributed by atoms with Gasteiger partial charge in [-0.1, -0.05) is 6.07 Å². The third kappa shape index (κ3) is 7.38. The lowest BCUT2D eigenvalue weighted by atomic mass is 10.1. The van der Waals surface area contributed by atoms with Crippen molar-refractivity contribution in [3.05, 3.63) is 23.8 Å². The van der Waals surface area contributed by atoms with E-state index in [2.05, 4.69) is 10.9 Å². The van der Waals surface area contributed by atoms with Crippen molar-refractivity contribution < 1.29 is 24.2 Å². The molecule has 0 unspecified atom stereocenters. The predicted molar refractivity (Wildman–Crippen MR) is 78.9 cm³/mol. The van der Waals surface area contributed by atoms with Crippen LogP contribution in [0, 0.1) is 0 Å². The molecule has 0 aliphatic heterocycles. The lowest BCUT2D eigenvalue weighted by molar-refractivity contribution is -0.870. The van der Waals surface area contributed by atoms with Crippen LogP contribution in [-0.2, 0) is 11.2 Å². The standard InChI is InChI=1S/C14H23N3O4/c1-17(2,3)8-9-21-14(20)16-15-7-6-11-4-5-12(18)13(19)10-11/h4-5,10,15H,6-9H2,1-3H3,(H2-,16,18,19,20)/p+1. The number of phenols is 2. The number of carbonyl (C=O) groups is 1. The lowest BCUT2D eigenvalue weighted by Crippen LogP contribution is -2.42. The molecule has 7 heteroatoms. The van der Waals surface area contributed by atoms with Crippen molar-refractivity contribution >= 4 is 6.09 Å². The van der Waals surface area contributed by atoms with E-state index >= 15 is 0 Å². The van der Waals surface area contributed by atoms with Crippen LogP contribution >= 0.6 is 0 Å². The summed E-state index contributed by atoms with van der Waals surface area (Å²) in [5.41, 5.74) is 6.02. The normalized spacial score (nSPS) is 11.2. The van der Waals surface area contributed by atoms with Crippen LogP contribution < -0.4 is 10.9 Å². The molecule has 21 heavy (non-hydrogen) atoms. The van der Waals surface area contributed by atoms with Crippen LogP contribution in [0.5, 0.6) is 11.5 Å². The number of benzene rings is 1.